The highest BCUT2D eigenvalue weighted by Gasteiger charge is 2.51. The Hall–Kier alpha value is 0.371. The van der Waals surface area contributed by atoms with Gasteiger partial charge in [-0.05, 0) is 58.3 Å². The number of ether oxygens (including phenoxy) is 4. The molecule has 10 heteroatoms. The molecule has 3 unspecified atom stereocenters. The summed E-state index contributed by atoms with van der Waals surface area (Å²) in [6, 6.07) is 2.41. The van der Waals surface area contributed by atoms with Gasteiger partial charge in [-0.3, -0.25) is 0 Å². The zero-order valence-corrected chi connectivity index (χ0v) is 25.5. The van der Waals surface area contributed by atoms with E-state index in [9.17, 15) is 0 Å². The lowest BCUT2D eigenvalue weighted by atomic mass is 9.97. The lowest BCUT2D eigenvalue weighted by Crippen LogP contribution is -2.64. The van der Waals surface area contributed by atoms with Crippen molar-refractivity contribution in [3.63, 3.8) is 0 Å². The van der Waals surface area contributed by atoms with E-state index in [1.165, 1.54) is 12.5 Å². The van der Waals surface area contributed by atoms with Crippen molar-refractivity contribution in [3.05, 3.63) is 0 Å². The maximum Gasteiger partial charge on any atom is 0.334 e. The summed E-state index contributed by atoms with van der Waals surface area (Å²) in [5.41, 5.74) is 0.109. The Morgan fingerprint density at radius 2 is 1.42 bits per heavy atom. The van der Waals surface area contributed by atoms with Crippen LogP contribution in [-0.4, -0.2) is 95.7 Å². The molecule has 0 spiro atoms. The normalized spacial score (nSPS) is 29.8. The molecule has 3 atom stereocenters. The van der Waals surface area contributed by atoms with Gasteiger partial charge in [0.2, 0.25) is 0 Å². The Morgan fingerprint density at radius 3 is 1.88 bits per heavy atom. The first-order valence-electron chi connectivity index (χ1n) is 12.6. The molecule has 0 N–H and O–H groups in total. The van der Waals surface area contributed by atoms with E-state index in [-0.39, 0.29) is 5.60 Å². The predicted molar refractivity (Wildman–Crippen MR) is 139 cm³/mol. The molecule has 3 aliphatic rings. The van der Waals surface area contributed by atoms with Gasteiger partial charge in [0.1, 0.15) is 12.2 Å². The van der Waals surface area contributed by atoms with Gasteiger partial charge in [0.25, 0.3) is 0 Å². The molecule has 0 amide bonds. The summed E-state index contributed by atoms with van der Waals surface area (Å²) in [6.45, 7) is 19.1. The Morgan fingerprint density at radius 1 is 0.909 bits per heavy atom. The highest BCUT2D eigenvalue weighted by molar-refractivity contribution is 7.38. The second-order valence-corrected chi connectivity index (χ2v) is 30.0. The topological polar surface area (TPSA) is 71.2 Å². The van der Waals surface area contributed by atoms with Crippen LogP contribution in [0.25, 0.3) is 0 Å². The van der Waals surface area contributed by atoms with E-state index in [0.29, 0.717) is 12.2 Å². The van der Waals surface area contributed by atoms with Crippen molar-refractivity contribution in [2.24, 2.45) is 0 Å². The fourth-order valence-corrected chi connectivity index (χ4v) is 12.5. The monoisotopic (exact) mass is 522 g/mol. The summed E-state index contributed by atoms with van der Waals surface area (Å²) in [5, 5.41) is 0. The second-order valence-electron chi connectivity index (χ2n) is 11.3. The summed E-state index contributed by atoms with van der Waals surface area (Å²) in [7, 11) is -0.987. The molecule has 3 fully saturated rings. The molecule has 0 aromatic carbocycles. The molecule has 0 aromatic heterocycles. The number of epoxide rings is 2. The SMILES string of the molecule is CC1(CCCOCC2CO2)CC[Si](C)(C)[Si](C)(C)O1.CO[Si](C)(CCCOCC1CO1)OC. The summed E-state index contributed by atoms with van der Waals surface area (Å²) < 4.78 is 38.6. The molecular formula is C23H50O7Si3. The molecule has 3 rings (SSSR count). The predicted octanol–water partition coefficient (Wildman–Crippen LogP) is 4.51. The first kappa shape index (κ1) is 29.6. The average molecular weight is 523 g/mol. The van der Waals surface area contributed by atoms with Crippen LogP contribution >= 0.6 is 0 Å². The fourth-order valence-electron chi connectivity index (χ4n) is 3.95. The van der Waals surface area contributed by atoms with Crippen molar-refractivity contribution in [3.8, 4) is 0 Å². The van der Waals surface area contributed by atoms with Crippen molar-refractivity contribution < 1.29 is 32.2 Å². The van der Waals surface area contributed by atoms with Crippen molar-refractivity contribution in [2.45, 2.75) is 95.2 Å². The summed E-state index contributed by atoms with van der Waals surface area (Å²) in [4.78, 5) is 0. The first-order chi connectivity index (χ1) is 15.4. The van der Waals surface area contributed by atoms with Gasteiger partial charge in [-0.15, -0.1) is 0 Å². The molecule has 0 aromatic rings. The summed E-state index contributed by atoms with van der Waals surface area (Å²) in [6.07, 6.45) is 5.24. The molecular weight excluding hydrogens is 473 g/mol. The molecule has 0 saturated carbocycles. The molecule has 33 heavy (non-hydrogen) atoms. The molecule has 3 saturated heterocycles. The quantitative estimate of drug-likeness (QED) is 0.189. The maximum atomic E-state index is 6.64. The van der Waals surface area contributed by atoms with Crippen LogP contribution in [0, 0.1) is 0 Å². The Bertz CT molecular complexity index is 566. The van der Waals surface area contributed by atoms with Gasteiger partial charge in [0.15, 0.2) is 7.83 Å². The third kappa shape index (κ3) is 10.9. The van der Waals surface area contributed by atoms with Crippen molar-refractivity contribution in [1.29, 1.82) is 0 Å². The van der Waals surface area contributed by atoms with Gasteiger partial charge < -0.3 is 32.2 Å². The zero-order chi connectivity index (χ0) is 24.6. The van der Waals surface area contributed by atoms with Crippen LogP contribution in [0.2, 0.25) is 44.8 Å². The smallest absolute Gasteiger partial charge is 0.334 e. The third-order valence-corrected chi connectivity index (χ3v) is 27.2. The van der Waals surface area contributed by atoms with Crippen LogP contribution in [0.3, 0.4) is 0 Å². The average Bonchev–Trinajstić information content (AvgIpc) is 3.66. The molecule has 3 aliphatic heterocycles. The van der Waals surface area contributed by atoms with Crippen LogP contribution in [0.15, 0.2) is 0 Å². The van der Waals surface area contributed by atoms with E-state index in [2.05, 4.69) is 39.7 Å². The minimum Gasteiger partial charge on any atom is -0.415 e. The van der Waals surface area contributed by atoms with Crippen molar-refractivity contribution in [2.75, 3.05) is 53.9 Å². The highest BCUT2D eigenvalue weighted by Crippen LogP contribution is 2.40. The zero-order valence-electron chi connectivity index (χ0n) is 22.5. The van der Waals surface area contributed by atoms with Crippen molar-refractivity contribution >= 4 is 24.0 Å². The molecule has 0 radical (unpaired) electrons. The second kappa shape index (κ2) is 13.1. The van der Waals surface area contributed by atoms with Crippen molar-refractivity contribution in [1.82, 2.24) is 0 Å². The maximum absolute atomic E-state index is 6.64. The van der Waals surface area contributed by atoms with Crippen LogP contribution in [0.5, 0.6) is 0 Å². The summed E-state index contributed by atoms with van der Waals surface area (Å²) >= 11 is 0. The lowest BCUT2D eigenvalue weighted by Gasteiger charge is -2.51. The molecule has 0 aliphatic carbocycles. The van der Waals surface area contributed by atoms with E-state index in [1.807, 2.05) is 0 Å². The first-order valence-corrected chi connectivity index (χ1v) is 22.3. The van der Waals surface area contributed by atoms with Gasteiger partial charge in [-0.25, -0.2) is 0 Å². The summed E-state index contributed by atoms with van der Waals surface area (Å²) in [5.74, 6) is 0. The fraction of sp³-hybridized carbons (Fsp3) is 1.00. The van der Waals surface area contributed by atoms with Crippen LogP contribution in [0.1, 0.15) is 32.6 Å². The van der Waals surface area contributed by atoms with Crippen LogP contribution in [-0.2, 0) is 32.2 Å². The molecule has 196 valence electrons. The van der Waals surface area contributed by atoms with Gasteiger partial charge in [-0.1, -0.05) is 19.1 Å². The standard InChI is InChI=1S/C14H30O3Si2.C9H20O4Si/c1-14(7-6-9-15-11-13-12-16-13)8-10-18(2,3)19(4,5)17-14;1-10-14(3,11-2)6-4-5-12-7-9-8-13-9/h13H,6-12H2,1-5H3;9H,4-8H2,1-3H3. The van der Waals surface area contributed by atoms with E-state index in [4.69, 9.17) is 32.2 Å². The van der Waals surface area contributed by atoms with Gasteiger partial charge in [0.05, 0.1) is 39.6 Å². The third-order valence-electron chi connectivity index (χ3n) is 7.60. The van der Waals surface area contributed by atoms with E-state index in [0.717, 1.165) is 64.9 Å². The van der Waals surface area contributed by atoms with Crippen LogP contribution in [0.4, 0.5) is 0 Å². The minimum absolute atomic E-state index is 0.109. The lowest BCUT2D eigenvalue weighted by molar-refractivity contribution is 0.0443. The molecule has 7 nitrogen and oxygen atoms in total. The molecule has 3 heterocycles. The van der Waals surface area contributed by atoms with E-state index < -0.39 is 24.0 Å². The number of hydrogen-bond donors (Lipinski definition) is 0. The van der Waals surface area contributed by atoms with Gasteiger partial charge >= 0.3 is 8.56 Å². The number of rotatable bonds is 14. The van der Waals surface area contributed by atoms with Crippen LogP contribution < -0.4 is 0 Å². The van der Waals surface area contributed by atoms with E-state index in [1.54, 1.807) is 14.2 Å². The largest absolute Gasteiger partial charge is 0.415 e. The van der Waals surface area contributed by atoms with Gasteiger partial charge in [0, 0.05) is 27.4 Å². The number of hydrogen-bond acceptors (Lipinski definition) is 7. The molecule has 0 bridgehead atoms. The minimum atomic E-state index is -1.87. The van der Waals surface area contributed by atoms with E-state index >= 15 is 0 Å². The Kier molecular flexibility index (Phi) is 11.7. The van der Waals surface area contributed by atoms with Gasteiger partial charge in [-0.2, -0.15) is 0 Å². The Labute approximate surface area is 205 Å². The highest BCUT2D eigenvalue weighted by atomic mass is 29.3. The Balaban J connectivity index is 0.000000245.